The number of alkyl halides is 3. The Kier molecular flexibility index (Phi) is 4.15. The van der Waals surface area contributed by atoms with Gasteiger partial charge in [-0.25, -0.2) is 3.63 Å². The van der Waals surface area contributed by atoms with Gasteiger partial charge in [0.15, 0.2) is 0 Å². The lowest BCUT2D eigenvalue weighted by Crippen LogP contribution is -2.29. The van der Waals surface area contributed by atoms with Gasteiger partial charge in [0, 0.05) is 11.5 Å². The van der Waals surface area contributed by atoms with Gasteiger partial charge in [-0.15, -0.1) is 10.3 Å². The van der Waals surface area contributed by atoms with Crippen molar-refractivity contribution < 1.29 is 30.0 Å². The number of Topliss-reactive ketones (excluding diaryl/α,β-unsaturated/α-hetero) is 1. The fourth-order valence-corrected chi connectivity index (χ4v) is 6.93. The average molecular weight is 294 g/mol. The van der Waals surface area contributed by atoms with Crippen molar-refractivity contribution in [1.82, 2.24) is 0 Å². The van der Waals surface area contributed by atoms with Crippen LogP contribution in [0.2, 0.25) is 0 Å². The van der Waals surface area contributed by atoms with Crippen molar-refractivity contribution in [2.24, 2.45) is 0 Å². The Morgan fingerprint density at radius 1 is 1.29 bits per heavy atom. The van der Waals surface area contributed by atoms with Crippen LogP contribution in [0.15, 0.2) is 0 Å². The van der Waals surface area contributed by atoms with E-state index in [1.807, 2.05) is 0 Å². The van der Waals surface area contributed by atoms with E-state index in [9.17, 15) is 26.4 Å². The molecule has 0 bridgehead atoms. The van der Waals surface area contributed by atoms with Crippen LogP contribution >= 0.6 is 10.3 Å². The van der Waals surface area contributed by atoms with Crippen LogP contribution in [-0.4, -0.2) is 37.0 Å². The molecule has 0 atom stereocenters. The summed E-state index contributed by atoms with van der Waals surface area (Å²) in [4.78, 5) is 11.0. The molecule has 1 heterocycles. The van der Waals surface area contributed by atoms with Crippen LogP contribution in [0.5, 0.6) is 0 Å². The first-order valence-electron chi connectivity index (χ1n) is 4.86. The lowest BCUT2D eigenvalue weighted by molar-refractivity contribution is -0.114. The first kappa shape index (κ1) is 14.8. The van der Waals surface area contributed by atoms with Gasteiger partial charge >= 0.3 is 15.6 Å². The highest BCUT2D eigenvalue weighted by molar-refractivity contribution is 8.33. The first-order valence-corrected chi connectivity index (χ1v) is 8.34. The minimum absolute atomic E-state index is 0.220. The third-order valence-electron chi connectivity index (χ3n) is 2.27. The van der Waals surface area contributed by atoms with Crippen LogP contribution in [-0.2, 0) is 18.5 Å². The van der Waals surface area contributed by atoms with E-state index < -0.39 is 25.9 Å². The molecule has 4 nitrogen and oxygen atoms in total. The molecule has 0 aromatic carbocycles. The maximum Gasteiger partial charge on any atom is 0.523 e. The van der Waals surface area contributed by atoms with Crippen molar-refractivity contribution >= 4 is 26.2 Å². The molecule has 17 heavy (non-hydrogen) atoms. The second kappa shape index (κ2) is 4.77. The summed E-state index contributed by atoms with van der Waals surface area (Å²) >= 11 is 0. The van der Waals surface area contributed by atoms with Crippen molar-refractivity contribution in [3.63, 3.8) is 0 Å². The zero-order valence-electron chi connectivity index (χ0n) is 9.12. The molecule has 1 aliphatic rings. The highest BCUT2D eigenvalue weighted by Crippen LogP contribution is 2.57. The Morgan fingerprint density at radius 3 is 2.12 bits per heavy atom. The smallest absolute Gasteiger partial charge is 0.299 e. The maximum atomic E-state index is 12.2. The van der Waals surface area contributed by atoms with Crippen LogP contribution in [0, 0.1) is 0 Å². The van der Waals surface area contributed by atoms with Crippen LogP contribution < -0.4 is 0 Å². The molecule has 0 aromatic heterocycles. The summed E-state index contributed by atoms with van der Waals surface area (Å²) < 4.78 is 62.9. The standard InChI is InChI=1S/C8H13F3O4S2/c1-7(12)6-16(4-2-3-5-16)15-17(13,14)8(9,10)11/h2-6H2,1H3. The molecule has 0 N–H and O–H groups in total. The summed E-state index contributed by atoms with van der Waals surface area (Å²) in [6, 6.07) is 0. The third-order valence-corrected chi connectivity index (χ3v) is 7.70. The molecule has 1 rings (SSSR count). The summed E-state index contributed by atoms with van der Waals surface area (Å²) in [5.41, 5.74) is -5.42. The van der Waals surface area contributed by atoms with Crippen LogP contribution in [0.1, 0.15) is 19.8 Å². The Morgan fingerprint density at radius 2 is 1.76 bits per heavy atom. The molecule has 102 valence electrons. The van der Waals surface area contributed by atoms with Crippen molar-refractivity contribution in [2.45, 2.75) is 25.3 Å². The first-order chi connectivity index (χ1) is 7.58. The lowest BCUT2D eigenvalue weighted by atomic mass is 10.4. The number of hydrogen-bond donors (Lipinski definition) is 0. The summed E-state index contributed by atoms with van der Waals surface area (Å²) in [7, 11) is -8.06. The van der Waals surface area contributed by atoms with Crippen LogP contribution in [0.4, 0.5) is 13.2 Å². The highest BCUT2D eigenvalue weighted by Gasteiger charge is 2.51. The molecular formula is C8H13F3O4S2. The van der Waals surface area contributed by atoms with Gasteiger partial charge in [0.2, 0.25) is 0 Å². The van der Waals surface area contributed by atoms with Crippen molar-refractivity contribution in [3.05, 3.63) is 0 Å². The summed E-state index contributed by atoms with van der Waals surface area (Å²) in [6.45, 7) is 1.22. The SMILES string of the molecule is CC(=O)CS1(OS(=O)(=O)C(F)(F)F)CCCC1. The Balaban J connectivity index is 2.92. The van der Waals surface area contributed by atoms with E-state index >= 15 is 0 Å². The highest BCUT2D eigenvalue weighted by atomic mass is 32.3. The maximum absolute atomic E-state index is 12.2. The molecule has 1 saturated heterocycles. The second-order valence-electron chi connectivity index (χ2n) is 3.90. The van der Waals surface area contributed by atoms with Crippen molar-refractivity contribution in [1.29, 1.82) is 0 Å². The van der Waals surface area contributed by atoms with Gasteiger partial charge < -0.3 is 0 Å². The number of rotatable bonds is 4. The number of ketones is 1. The van der Waals surface area contributed by atoms with Crippen LogP contribution in [0.3, 0.4) is 0 Å². The lowest BCUT2D eigenvalue weighted by Gasteiger charge is -2.32. The molecule has 1 aliphatic heterocycles. The third kappa shape index (κ3) is 3.59. The van der Waals surface area contributed by atoms with E-state index in [4.69, 9.17) is 0 Å². The van der Waals surface area contributed by atoms with Crippen molar-refractivity contribution in [2.75, 3.05) is 17.3 Å². The Labute approximate surface area is 99.2 Å². The minimum atomic E-state index is -5.60. The normalized spacial score (nSPS) is 22.4. The van der Waals surface area contributed by atoms with Crippen molar-refractivity contribution in [3.8, 4) is 0 Å². The van der Waals surface area contributed by atoms with E-state index in [-0.39, 0.29) is 23.0 Å². The summed E-state index contributed by atoms with van der Waals surface area (Å²) in [5, 5.41) is 0. The summed E-state index contributed by atoms with van der Waals surface area (Å²) in [5.74, 6) is -0.0919. The zero-order chi connectivity index (χ0) is 13.3. The van der Waals surface area contributed by atoms with Gasteiger partial charge in [0.1, 0.15) is 5.78 Å². The van der Waals surface area contributed by atoms with Gasteiger partial charge in [-0.3, -0.25) is 4.79 Å². The van der Waals surface area contributed by atoms with Gasteiger partial charge in [0.25, 0.3) is 0 Å². The zero-order valence-corrected chi connectivity index (χ0v) is 10.8. The minimum Gasteiger partial charge on any atom is -0.299 e. The molecule has 0 amide bonds. The monoisotopic (exact) mass is 294 g/mol. The molecule has 0 saturated carbocycles. The fourth-order valence-electron chi connectivity index (χ4n) is 1.67. The summed E-state index contributed by atoms with van der Waals surface area (Å²) in [6.07, 6.45) is 1.19. The molecule has 9 heteroatoms. The molecule has 1 fully saturated rings. The molecule has 0 aromatic rings. The van der Waals surface area contributed by atoms with Gasteiger partial charge in [-0.05, 0) is 19.8 Å². The predicted molar refractivity (Wildman–Crippen MR) is 58.2 cm³/mol. The Hall–Kier alpha value is -0.280. The number of hydrogen-bond acceptors (Lipinski definition) is 4. The average Bonchev–Trinajstić information content (AvgIpc) is 2.48. The van der Waals surface area contributed by atoms with Gasteiger partial charge in [0.05, 0.1) is 5.75 Å². The molecule has 0 unspecified atom stereocenters. The second-order valence-corrected chi connectivity index (χ2v) is 8.85. The fraction of sp³-hybridized carbons (Fsp3) is 0.875. The predicted octanol–water partition coefficient (Wildman–Crippen LogP) is 1.96. The van der Waals surface area contributed by atoms with Gasteiger partial charge in [-0.2, -0.15) is 21.6 Å². The molecular weight excluding hydrogens is 281 g/mol. The van der Waals surface area contributed by atoms with E-state index in [2.05, 4.69) is 3.63 Å². The number of carbonyl (C=O) groups excluding carboxylic acids is 1. The van der Waals surface area contributed by atoms with Crippen LogP contribution in [0.25, 0.3) is 0 Å². The number of halogens is 3. The van der Waals surface area contributed by atoms with Gasteiger partial charge in [-0.1, -0.05) is 0 Å². The largest absolute Gasteiger partial charge is 0.523 e. The van der Waals surface area contributed by atoms with E-state index in [0.29, 0.717) is 12.8 Å². The Bertz CT molecular complexity index is 395. The number of carbonyl (C=O) groups is 1. The van der Waals surface area contributed by atoms with E-state index in [1.165, 1.54) is 6.92 Å². The molecule has 0 aliphatic carbocycles. The van der Waals surface area contributed by atoms with E-state index in [1.54, 1.807) is 0 Å². The molecule has 0 spiro atoms. The quantitative estimate of drug-likeness (QED) is 0.744. The van der Waals surface area contributed by atoms with E-state index in [0.717, 1.165) is 0 Å². The molecule has 0 radical (unpaired) electrons. The topological polar surface area (TPSA) is 60.4 Å².